The first kappa shape index (κ1) is 22.5. The van der Waals surface area contributed by atoms with Gasteiger partial charge in [-0.1, -0.05) is 29.8 Å². The van der Waals surface area contributed by atoms with Crippen molar-refractivity contribution in [1.82, 2.24) is 4.90 Å². The minimum atomic E-state index is -3.96. The Kier molecular flexibility index (Phi) is 7.32. The van der Waals surface area contributed by atoms with Crippen LogP contribution in [0.25, 0.3) is 0 Å². The summed E-state index contributed by atoms with van der Waals surface area (Å²) < 4.78 is 33.6. The SMILES string of the molecule is COC(=O)c1cc(S(N)(=O)=O)ccc1NCC(c1ccccc1Cl)N1CCOCC1. The summed E-state index contributed by atoms with van der Waals surface area (Å²) in [5, 5.41) is 9.10. The molecule has 0 aliphatic carbocycles. The fourth-order valence-electron chi connectivity index (χ4n) is 3.41. The predicted octanol–water partition coefficient (Wildman–Crippen LogP) is 2.26. The van der Waals surface area contributed by atoms with Crippen molar-refractivity contribution in [3.8, 4) is 0 Å². The summed E-state index contributed by atoms with van der Waals surface area (Å²) in [5.41, 5.74) is 1.48. The van der Waals surface area contributed by atoms with Gasteiger partial charge in [-0.25, -0.2) is 18.4 Å². The zero-order valence-corrected chi connectivity index (χ0v) is 18.1. The maximum absolute atomic E-state index is 12.2. The van der Waals surface area contributed by atoms with Crippen LogP contribution in [0, 0.1) is 0 Å². The van der Waals surface area contributed by atoms with Gasteiger partial charge in [-0.05, 0) is 29.8 Å². The molecule has 10 heteroatoms. The quantitative estimate of drug-likeness (QED) is 0.618. The third-order valence-corrected chi connectivity index (χ3v) is 6.22. The van der Waals surface area contributed by atoms with Crippen LogP contribution < -0.4 is 10.5 Å². The summed E-state index contributed by atoms with van der Waals surface area (Å²) in [4.78, 5) is 14.3. The molecule has 2 aromatic carbocycles. The molecule has 0 bridgehead atoms. The maximum atomic E-state index is 12.2. The van der Waals surface area contributed by atoms with Gasteiger partial charge < -0.3 is 14.8 Å². The van der Waals surface area contributed by atoms with Crippen LogP contribution in [0.3, 0.4) is 0 Å². The molecule has 1 saturated heterocycles. The van der Waals surface area contributed by atoms with E-state index in [0.29, 0.717) is 30.5 Å². The topological polar surface area (TPSA) is 111 Å². The summed E-state index contributed by atoms with van der Waals surface area (Å²) in [5.74, 6) is -0.663. The summed E-state index contributed by atoms with van der Waals surface area (Å²) in [6, 6.07) is 11.6. The Balaban J connectivity index is 1.91. The van der Waals surface area contributed by atoms with Gasteiger partial charge in [0.15, 0.2) is 0 Å². The van der Waals surface area contributed by atoms with Crippen LogP contribution in [0.5, 0.6) is 0 Å². The van der Waals surface area contributed by atoms with Gasteiger partial charge in [0.05, 0.1) is 36.8 Å². The Bertz CT molecular complexity index is 1010. The molecule has 0 spiro atoms. The number of halogens is 1. The second kappa shape index (κ2) is 9.76. The zero-order chi connectivity index (χ0) is 21.7. The van der Waals surface area contributed by atoms with Crippen molar-refractivity contribution in [1.29, 1.82) is 0 Å². The van der Waals surface area contributed by atoms with E-state index < -0.39 is 16.0 Å². The number of sulfonamides is 1. The average molecular weight is 454 g/mol. The van der Waals surface area contributed by atoms with Crippen LogP contribution in [0.15, 0.2) is 47.4 Å². The van der Waals surface area contributed by atoms with E-state index in [1.54, 1.807) is 0 Å². The van der Waals surface area contributed by atoms with Gasteiger partial charge in [-0.2, -0.15) is 0 Å². The van der Waals surface area contributed by atoms with Gasteiger partial charge in [0.2, 0.25) is 10.0 Å². The maximum Gasteiger partial charge on any atom is 0.340 e. The number of benzene rings is 2. The number of hydrogen-bond acceptors (Lipinski definition) is 7. The number of primary sulfonamides is 1. The highest BCUT2D eigenvalue weighted by molar-refractivity contribution is 7.89. The van der Waals surface area contributed by atoms with Crippen molar-refractivity contribution in [3.05, 3.63) is 58.6 Å². The Hall–Kier alpha value is -2.17. The number of morpholine rings is 1. The fraction of sp³-hybridized carbons (Fsp3) is 0.350. The Morgan fingerprint density at radius 3 is 2.60 bits per heavy atom. The van der Waals surface area contributed by atoms with E-state index in [9.17, 15) is 13.2 Å². The van der Waals surface area contributed by atoms with Gasteiger partial charge in [-0.3, -0.25) is 4.90 Å². The van der Waals surface area contributed by atoms with E-state index in [1.807, 2.05) is 24.3 Å². The lowest BCUT2D eigenvalue weighted by Crippen LogP contribution is -2.41. The minimum Gasteiger partial charge on any atom is -0.465 e. The number of ether oxygens (including phenoxy) is 2. The summed E-state index contributed by atoms with van der Waals surface area (Å²) in [6.07, 6.45) is 0. The van der Waals surface area contributed by atoms with Gasteiger partial charge in [0.25, 0.3) is 0 Å². The molecular formula is C20H24ClN3O5S. The number of carbonyl (C=O) groups is 1. The van der Waals surface area contributed by atoms with Crippen molar-refractivity contribution < 1.29 is 22.7 Å². The third kappa shape index (κ3) is 5.30. The molecule has 1 fully saturated rings. The highest BCUT2D eigenvalue weighted by atomic mass is 35.5. The number of hydrogen-bond donors (Lipinski definition) is 2. The lowest BCUT2D eigenvalue weighted by Gasteiger charge is -2.35. The molecule has 0 amide bonds. The van der Waals surface area contributed by atoms with Gasteiger partial charge in [-0.15, -0.1) is 0 Å². The van der Waals surface area contributed by atoms with E-state index >= 15 is 0 Å². The Morgan fingerprint density at radius 1 is 1.27 bits per heavy atom. The second-order valence-electron chi connectivity index (χ2n) is 6.81. The number of rotatable bonds is 7. The smallest absolute Gasteiger partial charge is 0.340 e. The largest absolute Gasteiger partial charge is 0.465 e. The van der Waals surface area contributed by atoms with Crippen molar-refractivity contribution >= 4 is 33.3 Å². The molecule has 3 N–H and O–H groups in total. The summed E-state index contributed by atoms with van der Waals surface area (Å²) in [6.45, 7) is 3.16. The van der Waals surface area contributed by atoms with E-state index in [0.717, 1.165) is 18.7 Å². The van der Waals surface area contributed by atoms with Crippen LogP contribution in [-0.2, 0) is 19.5 Å². The lowest BCUT2D eigenvalue weighted by molar-refractivity contribution is 0.0187. The van der Waals surface area contributed by atoms with Gasteiger partial charge in [0.1, 0.15) is 0 Å². The first-order valence-corrected chi connectivity index (χ1v) is 11.3. The number of nitrogens with zero attached hydrogens (tertiary/aromatic N) is 1. The number of esters is 1. The number of nitrogens with two attached hydrogens (primary N) is 1. The zero-order valence-electron chi connectivity index (χ0n) is 16.5. The number of anilines is 1. The summed E-state index contributed by atoms with van der Waals surface area (Å²) in [7, 11) is -2.72. The number of nitrogens with one attached hydrogen (secondary N) is 1. The monoisotopic (exact) mass is 453 g/mol. The van der Waals surface area contributed by atoms with Crippen LogP contribution in [0.2, 0.25) is 5.02 Å². The van der Waals surface area contributed by atoms with Crippen LogP contribution >= 0.6 is 11.6 Å². The highest BCUT2D eigenvalue weighted by Gasteiger charge is 2.25. The molecule has 1 aliphatic heterocycles. The van der Waals surface area contributed by atoms with E-state index in [1.165, 1.54) is 25.3 Å². The van der Waals surface area contributed by atoms with Gasteiger partial charge >= 0.3 is 5.97 Å². The number of methoxy groups -OCH3 is 1. The van der Waals surface area contributed by atoms with Crippen molar-refractivity contribution in [2.24, 2.45) is 5.14 Å². The molecule has 0 radical (unpaired) electrons. The van der Waals surface area contributed by atoms with Crippen molar-refractivity contribution in [3.63, 3.8) is 0 Å². The molecule has 3 rings (SSSR count). The average Bonchev–Trinajstić information content (AvgIpc) is 2.74. The van der Waals surface area contributed by atoms with E-state index in [-0.39, 0.29) is 16.5 Å². The van der Waals surface area contributed by atoms with Crippen molar-refractivity contribution in [2.75, 3.05) is 45.3 Å². The van der Waals surface area contributed by atoms with E-state index in [4.69, 9.17) is 26.2 Å². The van der Waals surface area contributed by atoms with Gasteiger partial charge in [0, 0.05) is 30.3 Å². The van der Waals surface area contributed by atoms with E-state index in [2.05, 4.69) is 10.2 Å². The Labute approximate surface area is 181 Å². The summed E-state index contributed by atoms with van der Waals surface area (Å²) >= 11 is 6.45. The molecule has 0 aromatic heterocycles. The molecule has 162 valence electrons. The fourth-order valence-corrected chi connectivity index (χ4v) is 4.21. The molecule has 30 heavy (non-hydrogen) atoms. The predicted molar refractivity (Wildman–Crippen MR) is 114 cm³/mol. The lowest BCUT2D eigenvalue weighted by atomic mass is 10.0. The highest BCUT2D eigenvalue weighted by Crippen LogP contribution is 2.29. The molecule has 2 aromatic rings. The molecule has 8 nitrogen and oxygen atoms in total. The normalized spacial score (nSPS) is 16.1. The number of carbonyl (C=O) groups excluding carboxylic acids is 1. The molecule has 1 heterocycles. The Morgan fingerprint density at radius 2 is 1.97 bits per heavy atom. The molecule has 1 aliphatic rings. The van der Waals surface area contributed by atoms with Crippen molar-refractivity contribution in [2.45, 2.75) is 10.9 Å². The molecular weight excluding hydrogens is 430 g/mol. The van der Waals surface area contributed by atoms with Crippen LogP contribution in [-0.4, -0.2) is 59.2 Å². The second-order valence-corrected chi connectivity index (χ2v) is 8.78. The standard InChI is InChI=1S/C20H24ClN3O5S/c1-28-20(25)16-12-14(30(22,26)27)6-7-18(16)23-13-19(24-8-10-29-11-9-24)15-4-2-3-5-17(15)21/h2-7,12,19,23H,8-11,13H2,1H3,(H2,22,26,27). The van der Waals surface area contributed by atoms with Crippen LogP contribution in [0.4, 0.5) is 5.69 Å². The third-order valence-electron chi connectivity index (χ3n) is 4.96. The molecule has 1 atom stereocenters. The van der Waals surface area contributed by atoms with Crippen LogP contribution in [0.1, 0.15) is 22.0 Å². The first-order valence-electron chi connectivity index (χ1n) is 9.36. The molecule has 1 unspecified atom stereocenters. The molecule has 0 saturated carbocycles. The minimum absolute atomic E-state index is 0.0778. The first-order chi connectivity index (χ1) is 14.3.